The second kappa shape index (κ2) is 8.46. The van der Waals surface area contributed by atoms with Crippen molar-refractivity contribution in [3.8, 4) is 0 Å². The maximum Gasteiger partial charge on any atom is 0.187 e. The van der Waals surface area contributed by atoms with Crippen molar-refractivity contribution < 1.29 is 4.79 Å². The number of allylic oxidation sites excluding steroid dienone is 1. The minimum Gasteiger partial charge on any atom is -0.325 e. The standard InChI is InChI=1S/C25H21ClN2O/c1-2-16-28-23(17-24(29)18-12-14-20(26)15-13-18)21-10-6-7-11-22(21)27-25(28)19-8-4-3-5-9-19/h3-15,17H,2,16H2,1H3/b23-17-. The molecule has 1 heterocycles. The van der Waals surface area contributed by atoms with Crippen LogP contribution in [0.15, 0.2) is 89.9 Å². The topological polar surface area (TPSA) is 32.7 Å². The number of fused-ring (bicyclic) bond motifs is 1. The molecule has 0 bridgehead atoms. The zero-order chi connectivity index (χ0) is 20.2. The van der Waals surface area contributed by atoms with Crippen LogP contribution in [-0.4, -0.2) is 23.1 Å². The van der Waals surface area contributed by atoms with E-state index < -0.39 is 0 Å². The number of amidine groups is 1. The van der Waals surface area contributed by atoms with Crippen molar-refractivity contribution >= 4 is 34.6 Å². The molecule has 0 amide bonds. The van der Waals surface area contributed by atoms with E-state index in [-0.39, 0.29) is 5.78 Å². The number of benzene rings is 3. The zero-order valence-corrected chi connectivity index (χ0v) is 16.9. The van der Waals surface area contributed by atoms with Crippen LogP contribution in [0, 0.1) is 0 Å². The second-order valence-electron chi connectivity index (χ2n) is 6.87. The maximum absolute atomic E-state index is 13.0. The number of carbonyl (C=O) groups excluding carboxylic acids is 1. The van der Waals surface area contributed by atoms with Gasteiger partial charge in [0, 0.05) is 34.3 Å². The Kier molecular flexibility index (Phi) is 5.59. The van der Waals surface area contributed by atoms with E-state index in [0.29, 0.717) is 10.6 Å². The lowest BCUT2D eigenvalue weighted by Gasteiger charge is -2.33. The van der Waals surface area contributed by atoms with Crippen LogP contribution in [0.25, 0.3) is 5.70 Å². The summed E-state index contributed by atoms with van der Waals surface area (Å²) >= 11 is 5.98. The molecule has 4 rings (SSSR count). The molecule has 0 fully saturated rings. The number of aliphatic imine (C=N–C) groups is 1. The van der Waals surface area contributed by atoms with Gasteiger partial charge in [0.15, 0.2) is 5.78 Å². The van der Waals surface area contributed by atoms with Gasteiger partial charge >= 0.3 is 0 Å². The van der Waals surface area contributed by atoms with E-state index in [0.717, 1.165) is 41.3 Å². The summed E-state index contributed by atoms with van der Waals surface area (Å²) in [6.07, 6.45) is 2.65. The van der Waals surface area contributed by atoms with Crippen LogP contribution in [0.5, 0.6) is 0 Å². The molecule has 0 saturated carbocycles. The number of carbonyl (C=O) groups is 1. The summed E-state index contributed by atoms with van der Waals surface area (Å²) in [5.74, 6) is 0.809. The lowest BCUT2D eigenvalue weighted by Crippen LogP contribution is -2.33. The highest BCUT2D eigenvalue weighted by Crippen LogP contribution is 2.36. The van der Waals surface area contributed by atoms with Gasteiger partial charge in [-0.2, -0.15) is 0 Å². The van der Waals surface area contributed by atoms with Crippen LogP contribution >= 0.6 is 11.6 Å². The van der Waals surface area contributed by atoms with Crippen molar-refractivity contribution in [2.75, 3.05) is 6.54 Å². The fourth-order valence-electron chi connectivity index (χ4n) is 3.46. The van der Waals surface area contributed by atoms with Crippen molar-refractivity contribution in [1.82, 2.24) is 4.90 Å². The van der Waals surface area contributed by atoms with Crippen molar-refractivity contribution in [3.05, 3.63) is 107 Å². The molecule has 29 heavy (non-hydrogen) atoms. The van der Waals surface area contributed by atoms with Gasteiger partial charge in [-0.05, 0) is 36.8 Å². The van der Waals surface area contributed by atoms with Gasteiger partial charge in [-0.25, -0.2) is 4.99 Å². The summed E-state index contributed by atoms with van der Waals surface area (Å²) in [4.78, 5) is 20.1. The minimum absolute atomic E-state index is 0.0538. The molecular formula is C25H21ClN2O. The number of nitrogens with zero attached hydrogens (tertiary/aromatic N) is 2. The predicted octanol–water partition coefficient (Wildman–Crippen LogP) is 6.37. The molecule has 0 atom stereocenters. The van der Waals surface area contributed by atoms with Crippen LogP contribution in [0.3, 0.4) is 0 Å². The fraction of sp³-hybridized carbons (Fsp3) is 0.120. The Morgan fingerprint density at radius 1 is 0.966 bits per heavy atom. The van der Waals surface area contributed by atoms with E-state index >= 15 is 0 Å². The SMILES string of the molecule is CCCN1C(c2ccccc2)=Nc2ccccc2/C1=C/C(=O)c1ccc(Cl)cc1. The van der Waals surface area contributed by atoms with Crippen molar-refractivity contribution in [2.45, 2.75) is 13.3 Å². The van der Waals surface area contributed by atoms with Crippen LogP contribution in [0.1, 0.15) is 34.8 Å². The van der Waals surface area contributed by atoms with Crippen molar-refractivity contribution in [2.24, 2.45) is 4.99 Å². The van der Waals surface area contributed by atoms with Crippen LogP contribution in [0.4, 0.5) is 5.69 Å². The molecule has 0 unspecified atom stereocenters. The highest BCUT2D eigenvalue weighted by atomic mass is 35.5. The molecular weight excluding hydrogens is 380 g/mol. The maximum atomic E-state index is 13.0. The molecule has 3 aromatic carbocycles. The van der Waals surface area contributed by atoms with Gasteiger partial charge in [0.25, 0.3) is 0 Å². The van der Waals surface area contributed by atoms with Gasteiger partial charge in [0.1, 0.15) is 5.84 Å². The van der Waals surface area contributed by atoms with E-state index in [1.807, 2.05) is 54.6 Å². The summed E-state index contributed by atoms with van der Waals surface area (Å²) in [5.41, 5.74) is 4.34. The summed E-state index contributed by atoms with van der Waals surface area (Å²) in [6, 6.07) is 25.0. The smallest absolute Gasteiger partial charge is 0.187 e. The van der Waals surface area contributed by atoms with Gasteiger partial charge in [0.05, 0.1) is 11.4 Å². The van der Waals surface area contributed by atoms with Gasteiger partial charge in [-0.3, -0.25) is 4.79 Å². The third-order valence-electron chi connectivity index (χ3n) is 4.83. The third kappa shape index (κ3) is 4.01. The van der Waals surface area contributed by atoms with Crippen molar-refractivity contribution in [3.63, 3.8) is 0 Å². The lowest BCUT2D eigenvalue weighted by atomic mass is 10.0. The summed E-state index contributed by atoms with van der Waals surface area (Å²) < 4.78 is 0. The number of hydrogen-bond acceptors (Lipinski definition) is 3. The Morgan fingerprint density at radius 3 is 2.38 bits per heavy atom. The number of ketones is 1. The molecule has 0 saturated heterocycles. The van der Waals surface area contributed by atoms with E-state index in [2.05, 4.69) is 11.8 Å². The first kappa shape index (κ1) is 19.2. The molecule has 0 N–H and O–H groups in total. The molecule has 0 aliphatic carbocycles. The van der Waals surface area contributed by atoms with Gasteiger partial charge < -0.3 is 4.90 Å². The first-order valence-corrected chi connectivity index (χ1v) is 10.1. The largest absolute Gasteiger partial charge is 0.325 e. The number of hydrogen-bond donors (Lipinski definition) is 0. The highest BCUT2D eigenvalue weighted by molar-refractivity contribution is 6.30. The van der Waals surface area contributed by atoms with E-state index in [1.165, 1.54) is 0 Å². The molecule has 3 aromatic rings. The Labute approximate surface area is 176 Å². The molecule has 3 nitrogen and oxygen atoms in total. The molecule has 0 radical (unpaired) electrons. The quantitative estimate of drug-likeness (QED) is 0.368. The summed E-state index contributed by atoms with van der Waals surface area (Å²) in [6.45, 7) is 2.89. The number of para-hydroxylation sites is 1. The summed E-state index contributed by atoms with van der Waals surface area (Å²) in [5, 5.41) is 0.614. The van der Waals surface area contributed by atoms with Gasteiger partial charge in [-0.15, -0.1) is 0 Å². The normalized spacial score (nSPS) is 14.5. The van der Waals surface area contributed by atoms with Crippen LogP contribution < -0.4 is 0 Å². The number of halogens is 1. The van der Waals surface area contributed by atoms with E-state index in [9.17, 15) is 4.79 Å². The average Bonchev–Trinajstić information content (AvgIpc) is 2.76. The molecule has 1 aliphatic heterocycles. The van der Waals surface area contributed by atoms with Crippen LogP contribution in [0.2, 0.25) is 5.02 Å². The van der Waals surface area contributed by atoms with Crippen LogP contribution in [-0.2, 0) is 0 Å². The minimum atomic E-state index is -0.0538. The Balaban J connectivity index is 1.85. The Bertz CT molecular complexity index is 1090. The third-order valence-corrected chi connectivity index (χ3v) is 5.08. The molecule has 0 spiro atoms. The first-order valence-electron chi connectivity index (χ1n) is 9.70. The van der Waals surface area contributed by atoms with E-state index in [1.54, 1.807) is 30.3 Å². The molecule has 4 heteroatoms. The van der Waals surface area contributed by atoms with E-state index in [4.69, 9.17) is 16.6 Å². The van der Waals surface area contributed by atoms with Crippen molar-refractivity contribution in [1.29, 1.82) is 0 Å². The average molecular weight is 401 g/mol. The monoisotopic (exact) mass is 400 g/mol. The summed E-state index contributed by atoms with van der Waals surface area (Å²) in [7, 11) is 0. The molecule has 1 aliphatic rings. The second-order valence-corrected chi connectivity index (χ2v) is 7.31. The molecule has 144 valence electrons. The molecule has 0 aromatic heterocycles. The highest BCUT2D eigenvalue weighted by Gasteiger charge is 2.26. The van der Waals surface area contributed by atoms with Gasteiger partial charge in [0.2, 0.25) is 0 Å². The Hall–Kier alpha value is -3.17. The van der Waals surface area contributed by atoms with Gasteiger partial charge in [-0.1, -0.05) is 67.1 Å². The Morgan fingerprint density at radius 2 is 1.66 bits per heavy atom. The zero-order valence-electron chi connectivity index (χ0n) is 16.2. The first-order chi connectivity index (χ1) is 14.2. The lowest BCUT2D eigenvalue weighted by molar-refractivity contribution is 0.104. The predicted molar refractivity (Wildman–Crippen MR) is 120 cm³/mol. The fourth-order valence-corrected chi connectivity index (χ4v) is 3.58. The number of rotatable bonds is 5.